The second-order valence-corrected chi connectivity index (χ2v) is 12.2. The molecule has 3 amide bonds. The van der Waals surface area contributed by atoms with Crippen molar-refractivity contribution in [3.05, 3.63) is 142 Å². The molecule has 7 nitrogen and oxygen atoms in total. The van der Waals surface area contributed by atoms with E-state index in [1.54, 1.807) is 42.5 Å². The molecule has 0 saturated carbocycles. The van der Waals surface area contributed by atoms with Gasteiger partial charge in [-0.15, -0.1) is 11.8 Å². The van der Waals surface area contributed by atoms with Crippen molar-refractivity contribution < 1.29 is 18.8 Å². The summed E-state index contributed by atoms with van der Waals surface area (Å²) in [5.41, 5.74) is 4.78. The lowest BCUT2D eigenvalue weighted by Crippen LogP contribution is -2.30. The standard InChI is InChI=1S/C36H30BrN3O4S/c1-23-18-24(2)20-29(19-23)38-34(41)22-45-31-15-12-28(13-16-31)39-36(43)32(40-35(42)26-6-4-3-5-7-26)21-30-14-17-33(44-30)25-8-10-27(37)11-9-25/h3-21H,22H2,1-2H3,(H,38,41)(H,39,43)(H,40,42). The molecule has 0 atom stereocenters. The molecule has 0 radical (unpaired) electrons. The van der Waals surface area contributed by atoms with Crippen molar-refractivity contribution in [3.63, 3.8) is 0 Å². The average Bonchev–Trinajstić information content (AvgIpc) is 3.49. The second-order valence-electron chi connectivity index (χ2n) is 10.3. The predicted octanol–water partition coefficient (Wildman–Crippen LogP) is 8.47. The number of aryl methyl sites for hydroxylation is 2. The van der Waals surface area contributed by atoms with Crippen LogP contribution in [0.4, 0.5) is 11.4 Å². The minimum atomic E-state index is -0.519. The molecule has 0 fully saturated rings. The molecule has 4 aromatic carbocycles. The summed E-state index contributed by atoms with van der Waals surface area (Å²) in [6, 6.07) is 32.9. The smallest absolute Gasteiger partial charge is 0.272 e. The molecule has 226 valence electrons. The lowest BCUT2D eigenvalue weighted by Gasteiger charge is -2.11. The third-order valence-corrected chi connectivity index (χ3v) is 8.10. The molecular formula is C36H30BrN3O4S. The van der Waals surface area contributed by atoms with Gasteiger partial charge in [0.15, 0.2) is 0 Å². The summed E-state index contributed by atoms with van der Waals surface area (Å²) in [5, 5.41) is 8.50. The summed E-state index contributed by atoms with van der Waals surface area (Å²) in [4.78, 5) is 39.8. The van der Waals surface area contributed by atoms with Crippen LogP contribution in [0.3, 0.4) is 0 Å². The number of furan rings is 1. The first-order chi connectivity index (χ1) is 21.7. The maximum absolute atomic E-state index is 13.4. The van der Waals surface area contributed by atoms with Gasteiger partial charge in [-0.05, 0) is 97.8 Å². The molecule has 0 saturated heterocycles. The number of benzene rings is 4. The molecule has 1 heterocycles. The minimum absolute atomic E-state index is 0.0158. The van der Waals surface area contributed by atoms with Crippen LogP contribution in [-0.4, -0.2) is 23.5 Å². The molecule has 0 aliphatic heterocycles. The second kappa shape index (κ2) is 14.7. The van der Waals surface area contributed by atoms with E-state index in [0.29, 0.717) is 22.8 Å². The van der Waals surface area contributed by atoms with Crippen molar-refractivity contribution >= 4 is 62.9 Å². The highest BCUT2D eigenvalue weighted by molar-refractivity contribution is 9.10. The molecule has 3 N–H and O–H groups in total. The van der Waals surface area contributed by atoms with Gasteiger partial charge >= 0.3 is 0 Å². The summed E-state index contributed by atoms with van der Waals surface area (Å²) in [6.07, 6.45) is 1.50. The molecule has 5 rings (SSSR count). The molecule has 0 bridgehead atoms. The SMILES string of the molecule is Cc1cc(C)cc(NC(=O)CSc2ccc(NC(=O)C(=Cc3ccc(-c4ccc(Br)cc4)o3)NC(=O)c3ccccc3)cc2)c1. The van der Waals surface area contributed by atoms with Gasteiger partial charge < -0.3 is 20.4 Å². The van der Waals surface area contributed by atoms with Gasteiger partial charge in [-0.2, -0.15) is 0 Å². The van der Waals surface area contributed by atoms with Crippen LogP contribution in [0.1, 0.15) is 27.2 Å². The fourth-order valence-corrected chi connectivity index (χ4v) is 5.47. The summed E-state index contributed by atoms with van der Waals surface area (Å²) >= 11 is 4.82. The largest absolute Gasteiger partial charge is 0.457 e. The van der Waals surface area contributed by atoms with Crippen molar-refractivity contribution in [2.24, 2.45) is 0 Å². The van der Waals surface area contributed by atoms with E-state index in [9.17, 15) is 14.4 Å². The zero-order valence-corrected chi connectivity index (χ0v) is 27.0. The Balaban J connectivity index is 1.26. The number of rotatable bonds is 10. The zero-order valence-electron chi connectivity index (χ0n) is 24.6. The Morgan fingerprint density at radius 2 is 1.47 bits per heavy atom. The van der Waals surface area contributed by atoms with Crippen LogP contribution in [-0.2, 0) is 9.59 Å². The van der Waals surface area contributed by atoms with Crippen molar-refractivity contribution in [2.45, 2.75) is 18.7 Å². The maximum atomic E-state index is 13.4. The van der Waals surface area contributed by atoms with Crippen LogP contribution in [0, 0.1) is 13.8 Å². The molecule has 0 aliphatic carbocycles. The monoisotopic (exact) mass is 679 g/mol. The number of thioether (sulfide) groups is 1. The van der Waals surface area contributed by atoms with Gasteiger partial charge in [-0.25, -0.2) is 0 Å². The molecule has 0 spiro atoms. The molecule has 1 aromatic heterocycles. The third-order valence-electron chi connectivity index (χ3n) is 6.56. The van der Waals surface area contributed by atoms with E-state index < -0.39 is 11.8 Å². The van der Waals surface area contributed by atoms with Crippen molar-refractivity contribution in [3.8, 4) is 11.3 Å². The first-order valence-electron chi connectivity index (χ1n) is 14.1. The molecule has 0 aliphatic rings. The zero-order chi connectivity index (χ0) is 31.8. The van der Waals surface area contributed by atoms with Gasteiger partial charge in [-0.1, -0.05) is 52.3 Å². The highest BCUT2D eigenvalue weighted by atomic mass is 79.9. The van der Waals surface area contributed by atoms with E-state index in [-0.39, 0.29) is 17.4 Å². The Morgan fingerprint density at radius 3 is 2.16 bits per heavy atom. The number of nitrogens with one attached hydrogen (secondary N) is 3. The van der Waals surface area contributed by atoms with Crippen molar-refractivity contribution in [1.29, 1.82) is 0 Å². The molecule has 45 heavy (non-hydrogen) atoms. The topological polar surface area (TPSA) is 100 Å². The summed E-state index contributed by atoms with van der Waals surface area (Å²) in [7, 11) is 0. The molecule has 5 aromatic rings. The van der Waals surface area contributed by atoms with Crippen LogP contribution in [0.25, 0.3) is 17.4 Å². The lowest BCUT2D eigenvalue weighted by atomic mass is 10.1. The number of halogens is 1. The van der Waals surface area contributed by atoms with E-state index in [0.717, 1.165) is 31.7 Å². The fraction of sp³-hybridized carbons (Fsp3) is 0.0833. The Bertz CT molecular complexity index is 1830. The van der Waals surface area contributed by atoms with E-state index in [4.69, 9.17) is 4.42 Å². The third kappa shape index (κ3) is 9.07. The van der Waals surface area contributed by atoms with Crippen LogP contribution < -0.4 is 16.0 Å². The van der Waals surface area contributed by atoms with Gasteiger partial charge in [0.2, 0.25) is 5.91 Å². The van der Waals surface area contributed by atoms with Gasteiger partial charge in [0.05, 0.1) is 5.75 Å². The number of carbonyl (C=O) groups excluding carboxylic acids is 3. The number of hydrogen-bond acceptors (Lipinski definition) is 5. The van der Waals surface area contributed by atoms with Gasteiger partial charge in [-0.3, -0.25) is 14.4 Å². The number of amides is 3. The number of hydrogen-bond donors (Lipinski definition) is 3. The van der Waals surface area contributed by atoms with Crippen molar-refractivity contribution in [1.82, 2.24) is 5.32 Å². The predicted molar refractivity (Wildman–Crippen MR) is 184 cm³/mol. The molecule has 0 unspecified atom stereocenters. The fourth-order valence-electron chi connectivity index (χ4n) is 4.51. The van der Waals surface area contributed by atoms with E-state index in [1.165, 1.54) is 17.8 Å². The van der Waals surface area contributed by atoms with Crippen LogP contribution in [0.5, 0.6) is 0 Å². The first-order valence-corrected chi connectivity index (χ1v) is 15.9. The maximum Gasteiger partial charge on any atom is 0.272 e. The van der Waals surface area contributed by atoms with Gasteiger partial charge in [0.1, 0.15) is 17.2 Å². The normalized spacial score (nSPS) is 11.1. The van der Waals surface area contributed by atoms with E-state index in [1.807, 2.05) is 74.5 Å². The minimum Gasteiger partial charge on any atom is -0.457 e. The van der Waals surface area contributed by atoms with Gasteiger partial charge in [0.25, 0.3) is 11.8 Å². The van der Waals surface area contributed by atoms with Crippen LogP contribution in [0.15, 0.2) is 129 Å². The summed E-state index contributed by atoms with van der Waals surface area (Å²) < 4.78 is 6.93. The van der Waals surface area contributed by atoms with E-state index in [2.05, 4.69) is 37.9 Å². The number of anilines is 2. The Morgan fingerprint density at radius 1 is 0.778 bits per heavy atom. The highest BCUT2D eigenvalue weighted by Gasteiger charge is 2.16. The summed E-state index contributed by atoms with van der Waals surface area (Å²) in [5.74, 6) is 0.211. The molecule has 9 heteroatoms. The van der Waals surface area contributed by atoms with Crippen molar-refractivity contribution in [2.75, 3.05) is 16.4 Å². The average molecular weight is 681 g/mol. The lowest BCUT2D eigenvalue weighted by molar-refractivity contribution is -0.114. The first kappa shape index (κ1) is 31.6. The van der Waals surface area contributed by atoms with Crippen LogP contribution in [0.2, 0.25) is 0 Å². The number of carbonyl (C=O) groups is 3. The highest BCUT2D eigenvalue weighted by Crippen LogP contribution is 2.26. The Hall–Kier alpha value is -4.86. The summed E-state index contributed by atoms with van der Waals surface area (Å²) in [6.45, 7) is 3.98. The Kier molecular flexibility index (Phi) is 10.3. The molecular weight excluding hydrogens is 650 g/mol. The quantitative estimate of drug-likeness (QED) is 0.102. The van der Waals surface area contributed by atoms with Gasteiger partial charge in [0, 0.05) is 37.9 Å². The Labute approximate surface area is 274 Å². The van der Waals surface area contributed by atoms with E-state index >= 15 is 0 Å². The van der Waals surface area contributed by atoms with Crippen LogP contribution >= 0.6 is 27.7 Å².